The molecule has 0 saturated heterocycles. The van der Waals surface area contributed by atoms with Gasteiger partial charge in [0.15, 0.2) is 0 Å². The van der Waals surface area contributed by atoms with E-state index in [2.05, 4.69) is 165 Å². The molecule has 6 rings (SSSR count). The van der Waals surface area contributed by atoms with E-state index in [1.807, 2.05) is 12.2 Å². The first-order valence-electron chi connectivity index (χ1n) is 20.0. The van der Waals surface area contributed by atoms with Crippen LogP contribution in [0.4, 0.5) is 0 Å². The van der Waals surface area contributed by atoms with Gasteiger partial charge in [-0.25, -0.2) is 12.2 Å². The molecule has 2 aliphatic carbocycles. The van der Waals surface area contributed by atoms with Gasteiger partial charge in [-0.1, -0.05) is 120 Å². The van der Waals surface area contributed by atoms with Crippen LogP contribution in [0.2, 0.25) is 0 Å². The van der Waals surface area contributed by atoms with E-state index in [1.165, 1.54) is 88.6 Å². The van der Waals surface area contributed by atoms with Gasteiger partial charge in [-0.05, 0) is 64.8 Å². The van der Waals surface area contributed by atoms with Gasteiger partial charge in [0.25, 0.3) is 0 Å². The average molecular weight is 768 g/mol. The Morgan fingerprint density at radius 2 is 1.40 bits per heavy atom. The third-order valence-corrected chi connectivity index (χ3v) is 12.9. The van der Waals surface area contributed by atoms with Crippen molar-refractivity contribution in [3.8, 4) is 11.1 Å². The zero-order valence-corrected chi connectivity index (χ0v) is 36.3. The molecule has 2 aliphatic rings. The van der Waals surface area contributed by atoms with Gasteiger partial charge in [0.2, 0.25) is 0 Å². The largest absolute Gasteiger partial charge is 0.273 e. The minimum Gasteiger partial charge on any atom is -0.273 e. The monoisotopic (exact) mass is 766 g/mol. The molecule has 0 N–H and O–H groups in total. The molecule has 0 aromatic heterocycles. The minimum atomic E-state index is -0.0378. The van der Waals surface area contributed by atoms with Crippen LogP contribution in [-0.4, -0.2) is 3.21 Å². The SMILES string of the molecule is CCCC[C](=[Zr+2])CCCC.Cc1cc2c(cc1C(C)(C)c1ccccc1)-c1ccc(CC(C)C(C)C(C)(C)c3ccccc3)[c-]c1C2.[C-]1=CC=CC1. The van der Waals surface area contributed by atoms with Crippen LogP contribution >= 0.6 is 0 Å². The predicted octanol–water partition coefficient (Wildman–Crippen LogP) is 13.9. The van der Waals surface area contributed by atoms with Crippen LogP contribution in [0.3, 0.4) is 0 Å². The molecule has 0 aliphatic heterocycles. The summed E-state index contributed by atoms with van der Waals surface area (Å²) >= 11 is 1.67. The van der Waals surface area contributed by atoms with Crippen LogP contribution in [0, 0.1) is 30.9 Å². The molecular weight excluding hydrogens is 704 g/mol. The molecule has 2 atom stereocenters. The summed E-state index contributed by atoms with van der Waals surface area (Å²) in [4.78, 5) is 0. The van der Waals surface area contributed by atoms with Crippen LogP contribution < -0.4 is 0 Å². The van der Waals surface area contributed by atoms with Crippen molar-refractivity contribution in [3.63, 3.8) is 0 Å². The van der Waals surface area contributed by atoms with E-state index in [0.717, 1.165) is 19.3 Å². The predicted molar refractivity (Wildman–Crippen MR) is 224 cm³/mol. The minimum absolute atomic E-state index is 0.0378. The van der Waals surface area contributed by atoms with Gasteiger partial charge in [-0.15, -0.1) is 17.5 Å². The van der Waals surface area contributed by atoms with E-state index in [0.29, 0.717) is 11.8 Å². The quantitative estimate of drug-likeness (QED) is 0.105. The van der Waals surface area contributed by atoms with Gasteiger partial charge in [-0.2, -0.15) is 29.8 Å². The van der Waals surface area contributed by atoms with Crippen LogP contribution in [-0.2, 0) is 47.9 Å². The maximum Gasteiger partial charge on any atom is 0.0149 e. The first-order valence-corrected chi connectivity index (χ1v) is 21.2. The Morgan fingerprint density at radius 3 is 1.94 bits per heavy atom. The van der Waals surface area contributed by atoms with Crippen LogP contribution in [0.1, 0.15) is 139 Å². The summed E-state index contributed by atoms with van der Waals surface area (Å²) < 4.78 is 1.79. The standard InChI is InChI=1S/C37H41.C9H18.C5H5.Zr/c1-25(27(3)36(4,5)31-14-10-8-11-15-31)20-28-18-19-33-30(22-28)23-29-21-26(2)35(24-34(29)33)37(6,7)32-16-12-9-13-17-32;1-3-5-7-9-8-6-4-2;1-2-4-5-3-1;/h8-19,21,24-25,27H,20,23H2,1-7H3;3-8H2,1-2H3;1-3H,4H2;/q-1;;-1;+2. The molecule has 0 radical (unpaired) electrons. The molecule has 4 aromatic carbocycles. The van der Waals surface area contributed by atoms with Crippen LogP contribution in [0.5, 0.6) is 0 Å². The molecular formula is C51H64Zr. The van der Waals surface area contributed by atoms with Crippen molar-refractivity contribution in [2.75, 3.05) is 0 Å². The first-order chi connectivity index (χ1) is 24.9. The Kier molecular flexibility index (Phi) is 16.1. The summed E-state index contributed by atoms with van der Waals surface area (Å²) in [5, 5.41) is 0. The van der Waals surface area contributed by atoms with Crippen molar-refractivity contribution in [2.24, 2.45) is 11.8 Å². The molecule has 0 amide bonds. The fourth-order valence-corrected chi connectivity index (χ4v) is 8.62. The van der Waals surface area contributed by atoms with Crippen molar-refractivity contribution in [1.29, 1.82) is 0 Å². The number of fused-ring (bicyclic) bond motifs is 3. The smallest absolute Gasteiger partial charge is 0.0149 e. The second-order valence-corrected chi connectivity index (χ2v) is 18.0. The van der Waals surface area contributed by atoms with Crippen molar-refractivity contribution >= 4 is 3.21 Å². The normalized spacial score (nSPS) is 14.1. The molecule has 0 nitrogen and oxygen atoms in total. The third kappa shape index (κ3) is 11.1. The van der Waals surface area contributed by atoms with Gasteiger partial charge in [0, 0.05) is 5.41 Å². The van der Waals surface area contributed by atoms with Crippen LogP contribution in [0.25, 0.3) is 11.1 Å². The molecule has 0 heterocycles. The topological polar surface area (TPSA) is 0 Å². The van der Waals surface area contributed by atoms with Crippen molar-refractivity contribution in [3.05, 3.63) is 154 Å². The number of rotatable bonds is 13. The van der Waals surface area contributed by atoms with E-state index < -0.39 is 0 Å². The maximum absolute atomic E-state index is 3.86. The van der Waals surface area contributed by atoms with E-state index in [-0.39, 0.29) is 10.8 Å². The molecule has 0 fully saturated rings. The van der Waals surface area contributed by atoms with Gasteiger partial charge < -0.3 is 0 Å². The fourth-order valence-electron chi connectivity index (χ4n) is 7.75. The molecule has 52 heavy (non-hydrogen) atoms. The van der Waals surface area contributed by atoms with Crippen molar-refractivity contribution < 1.29 is 24.2 Å². The zero-order valence-electron chi connectivity index (χ0n) is 33.8. The fraction of sp³-hybridized carbons (Fsp3) is 0.431. The summed E-state index contributed by atoms with van der Waals surface area (Å²) in [5.74, 6) is 1.12. The van der Waals surface area contributed by atoms with Gasteiger partial charge >= 0.3 is 79.8 Å². The molecule has 4 aromatic rings. The number of aryl methyl sites for hydroxylation is 1. The summed E-state index contributed by atoms with van der Waals surface area (Å²) in [6, 6.07) is 35.3. The summed E-state index contributed by atoms with van der Waals surface area (Å²) in [6.07, 6.45) is 20.4. The van der Waals surface area contributed by atoms with E-state index in [1.54, 1.807) is 27.4 Å². The Bertz CT molecular complexity index is 1750. The first kappa shape index (κ1) is 41.9. The van der Waals surface area contributed by atoms with E-state index >= 15 is 0 Å². The molecule has 2 unspecified atom stereocenters. The van der Waals surface area contributed by atoms with Crippen molar-refractivity contribution in [1.82, 2.24) is 0 Å². The van der Waals surface area contributed by atoms with Crippen LogP contribution in [0.15, 0.2) is 103 Å². The Labute approximate surface area is 333 Å². The second-order valence-electron chi connectivity index (χ2n) is 16.2. The average Bonchev–Trinajstić information content (AvgIpc) is 3.85. The molecule has 0 saturated carbocycles. The van der Waals surface area contributed by atoms with Crippen molar-refractivity contribution in [2.45, 2.75) is 131 Å². The number of benzene rings is 4. The zero-order chi connectivity index (χ0) is 37.7. The van der Waals surface area contributed by atoms with Gasteiger partial charge in [-0.3, -0.25) is 6.08 Å². The number of unbranched alkanes of at least 4 members (excludes halogenated alkanes) is 2. The number of allylic oxidation sites excluding steroid dienone is 4. The summed E-state index contributed by atoms with van der Waals surface area (Å²) in [6.45, 7) is 21.1. The number of hydrogen-bond acceptors (Lipinski definition) is 0. The summed E-state index contributed by atoms with van der Waals surface area (Å²) in [7, 11) is 0. The van der Waals surface area contributed by atoms with Gasteiger partial charge in [0.05, 0.1) is 0 Å². The molecule has 0 spiro atoms. The second kappa shape index (κ2) is 20.0. The Morgan fingerprint density at radius 1 is 0.788 bits per heavy atom. The molecule has 0 bridgehead atoms. The Balaban J connectivity index is 0.000000336. The molecule has 272 valence electrons. The Hall–Kier alpha value is -2.89. The van der Waals surface area contributed by atoms with E-state index in [9.17, 15) is 0 Å². The molecule has 1 heteroatoms. The number of hydrogen-bond donors (Lipinski definition) is 0. The maximum atomic E-state index is 3.86. The third-order valence-electron chi connectivity index (χ3n) is 11.7. The van der Waals surface area contributed by atoms with Gasteiger partial charge in [0.1, 0.15) is 0 Å². The van der Waals surface area contributed by atoms with E-state index in [4.69, 9.17) is 0 Å². The summed E-state index contributed by atoms with van der Waals surface area (Å²) in [5.41, 5.74) is 12.6.